The number of ether oxygens (including phenoxy) is 11. The van der Waals surface area contributed by atoms with Gasteiger partial charge in [-0.2, -0.15) is 0 Å². The zero-order valence-electron chi connectivity index (χ0n) is 83.5. The van der Waals surface area contributed by atoms with Crippen LogP contribution in [0.5, 0.6) is 0 Å². The van der Waals surface area contributed by atoms with E-state index in [9.17, 15) is 63.3 Å². The Hall–Kier alpha value is -8.69. The van der Waals surface area contributed by atoms with Gasteiger partial charge in [-0.3, -0.25) is 38.4 Å². The lowest BCUT2D eigenvalue weighted by Gasteiger charge is -2.68. The lowest BCUT2D eigenvalue weighted by Crippen LogP contribution is -2.82. The van der Waals surface area contributed by atoms with Gasteiger partial charge in [-0.15, -0.1) is 22.7 Å². The Morgan fingerprint density at radius 2 is 0.957 bits per heavy atom. The first-order valence-corrected chi connectivity index (χ1v) is 56.4. The van der Waals surface area contributed by atoms with Crippen LogP contribution in [0.4, 0.5) is 9.59 Å². The summed E-state index contributed by atoms with van der Waals surface area (Å²) in [5.74, 6) is -9.99. The SMILES string of the molecule is CCC(=O)O[C@H]1C(=O)[C@@]2(C)C([C@H](OC(=O)c3ccccc3)[C@]3(O)C[C@H](O)C(C)=C1C3(C)C)[C@]1(OC(C)=O)CO[C@@H]1C[C@@H]2O[Si](CC)(CC)CC.CCC(=O)O[C@H]1C(=O)[C@@]2(C)C([C@H](OC(=O)c3ccccc3)[C@]3(O)C[C@H](OC(=O)[C@H](C)[C@@H](NC(=O)OC4CCCC4)c4cccs4)C(C)=C1C3(C)C)[C@]1(OC(C)=O)CO[C@@H]1C[C@@H]2O[Si](CC)(CC)CC.C[C@H]1C(=O)N(C(=O)OC2CCCC2)[C@H]1c1cccs1. The molecule has 2 unspecified atom stereocenters. The summed E-state index contributed by atoms with van der Waals surface area (Å²) in [5.41, 5.74) is -12.4. The van der Waals surface area contributed by atoms with Crippen molar-refractivity contribution in [3.63, 3.8) is 0 Å². The topological polar surface area (TPSA) is 401 Å². The van der Waals surface area contributed by atoms with Crippen molar-refractivity contribution in [2.45, 2.75) is 372 Å². The van der Waals surface area contributed by atoms with Crippen LogP contribution in [0.15, 0.2) is 118 Å². The summed E-state index contributed by atoms with van der Waals surface area (Å²) in [5, 5.41) is 45.8. The maximum Gasteiger partial charge on any atom is 0.417 e. The first kappa shape index (κ1) is 107. The number of carbonyl (C=O) groups excluding carboxylic acids is 12. The molecule has 3 aliphatic heterocycles. The van der Waals surface area contributed by atoms with Gasteiger partial charge in [-0.05, 0) is 192 Å². The van der Waals surface area contributed by atoms with E-state index >= 15 is 9.59 Å². The van der Waals surface area contributed by atoms with E-state index < -0.39 is 211 Å². The molecule has 22 atom stereocenters. The average Bonchev–Trinajstić information content (AvgIpc) is 1.00. The van der Waals surface area contributed by atoms with Crippen molar-refractivity contribution in [1.82, 2.24) is 10.2 Å². The average molecular weight is 1990 g/mol. The number of aliphatic hydroxyl groups is 3. The van der Waals surface area contributed by atoms with E-state index in [0.717, 1.165) is 74.4 Å². The van der Waals surface area contributed by atoms with Crippen LogP contribution in [0.1, 0.15) is 271 Å². The van der Waals surface area contributed by atoms with E-state index in [0.29, 0.717) is 34.2 Å². The van der Waals surface area contributed by atoms with Gasteiger partial charge in [-0.25, -0.2) is 24.1 Å². The fourth-order valence-electron chi connectivity index (χ4n) is 24.4. The number of aliphatic hydroxyl groups excluding tert-OH is 1. The normalized spacial score (nSPS) is 32.7. The predicted octanol–water partition coefficient (Wildman–Crippen LogP) is 17.1. The Morgan fingerprint density at radius 1 is 0.536 bits per heavy atom. The number of fused-ring (bicyclic) bond motifs is 10. The van der Waals surface area contributed by atoms with Crippen molar-refractivity contribution in [3.05, 3.63) is 139 Å². The second kappa shape index (κ2) is 42.1. The van der Waals surface area contributed by atoms with Crippen LogP contribution in [-0.4, -0.2) is 217 Å². The Labute approximate surface area is 819 Å². The van der Waals surface area contributed by atoms with Gasteiger partial charge in [0.2, 0.25) is 5.91 Å². The van der Waals surface area contributed by atoms with E-state index in [1.165, 1.54) is 30.1 Å². The molecule has 6 saturated carbocycles. The number of hydrogen-bond donors (Lipinski definition) is 4. The van der Waals surface area contributed by atoms with Crippen molar-refractivity contribution < 1.29 is 134 Å². The monoisotopic (exact) mass is 1990 g/mol. The number of amides is 3. The van der Waals surface area contributed by atoms with E-state index in [2.05, 4.69) is 46.9 Å². The fraction of sp³-hybridized carbons (Fsp3) is 0.654. The standard InChI is InChI=1S/C52H71NO14SSi.C38H54O11Si.C14H17NO3S/c1-11-39(55)64-42-40-30(5)35(63-46(57)31(6)41(36-25-20-26-68-36)53-48(59)62-34-23-18-19-24-34)28-52(60,49(40,8)9)45(65-47(58)33-21-16-15-17-22-33)43-50(10,44(42)56)37(67-69(12-2,13-3)14-4)27-38-51(43,29-61-38)66-32(7)54;1-10-28(41)46-30-29-22(5)25(40)20-38(44,35(29,7)8)33(47-34(43)24-17-15-14-16-18-24)31-36(9,32(30)42)26(49-50(11-2,12-3)13-4)19-27-37(31,21-45-27)48-23(6)39;1-9-12(11-7-4-8-19-11)15(13(9)16)14(17)18-10-5-2-3-6-10/h15-17,20-22,25-26,31,34-35,37-38,41-43,45,60H,11-14,18-19,23-24,27-29H2,1-10H3,(H,53,59);14-18,25-27,30-31,33,40,44H,10-13,19-21H2,1-9H3;4,7-10,12H,2-3,5-6H2,1H3/t31-,35+,37+,38-,41-,42-,43?,45+,50-,51+,52-;25-,26-,27+,30+,31?,33-,36+,37-,38+;9-,12-/m101/s1. The van der Waals surface area contributed by atoms with Gasteiger partial charge in [0.1, 0.15) is 53.9 Å². The van der Waals surface area contributed by atoms with Gasteiger partial charge in [0.15, 0.2) is 51.6 Å². The van der Waals surface area contributed by atoms with E-state index in [1.54, 1.807) is 154 Å². The number of alkyl carbamates (subject to hydrolysis) is 1. The molecule has 0 radical (unpaired) electrons. The number of β-lactam (4-membered cyclic amide) rings is 1. The molecule has 4 bridgehead atoms. The third-order valence-corrected chi connectivity index (χ3v) is 44.5. The number of carbonyl (C=O) groups is 12. The number of hydrogen-bond acceptors (Lipinski definition) is 30. The number of nitrogens with one attached hydrogen (secondary N) is 1. The molecule has 11 aliphatic rings. The summed E-state index contributed by atoms with van der Waals surface area (Å²) < 4.78 is 82.8. The molecule has 3 saturated heterocycles. The summed E-state index contributed by atoms with van der Waals surface area (Å²) in [7, 11) is -5.10. The molecule has 30 nitrogen and oxygen atoms in total. The Kier molecular flexibility index (Phi) is 32.5. The van der Waals surface area contributed by atoms with Crippen molar-refractivity contribution in [3.8, 4) is 0 Å². The molecule has 15 rings (SSSR count). The zero-order valence-corrected chi connectivity index (χ0v) is 87.1. The lowest BCUT2D eigenvalue weighted by molar-refractivity contribution is -0.344. The molecule has 2 aromatic heterocycles. The van der Waals surface area contributed by atoms with E-state index in [1.807, 2.05) is 35.9 Å². The number of likely N-dealkylation sites (tertiary alicyclic amines) is 1. The van der Waals surface area contributed by atoms with Crippen molar-refractivity contribution in [2.24, 2.45) is 45.3 Å². The Morgan fingerprint density at radius 3 is 1.35 bits per heavy atom. The second-order valence-electron chi connectivity index (χ2n) is 41.1. The number of nitrogens with zero attached hydrogens (tertiary/aromatic N) is 1. The highest BCUT2D eigenvalue weighted by Crippen LogP contribution is 2.68. The van der Waals surface area contributed by atoms with Crippen LogP contribution in [0.2, 0.25) is 36.3 Å². The zero-order chi connectivity index (χ0) is 101. The van der Waals surface area contributed by atoms with Crippen molar-refractivity contribution in [2.75, 3.05) is 13.2 Å². The molecule has 8 aliphatic carbocycles. The molecule has 5 heterocycles. The van der Waals surface area contributed by atoms with E-state index in [4.69, 9.17) is 61.0 Å². The summed E-state index contributed by atoms with van der Waals surface area (Å²) in [6, 6.07) is 27.5. The van der Waals surface area contributed by atoms with Crippen LogP contribution in [0, 0.1) is 45.3 Å². The molecular weight excluding hydrogens is 1850 g/mol. The first-order valence-electron chi connectivity index (χ1n) is 49.6. The second-order valence-corrected chi connectivity index (χ2v) is 52.5. The maximum absolute atomic E-state index is 16.5. The van der Waals surface area contributed by atoms with Gasteiger partial charge < -0.3 is 81.6 Å². The summed E-state index contributed by atoms with van der Waals surface area (Å²) in [4.78, 5) is 170. The van der Waals surface area contributed by atoms with Crippen molar-refractivity contribution >= 4 is 111 Å². The minimum absolute atomic E-state index is 0.000178. The van der Waals surface area contributed by atoms with Crippen LogP contribution in [-0.2, 0) is 99.3 Å². The highest BCUT2D eigenvalue weighted by molar-refractivity contribution is 7.10. The van der Waals surface area contributed by atoms with Gasteiger partial charge in [0.25, 0.3) is 0 Å². The molecule has 138 heavy (non-hydrogen) atoms. The fourth-order valence-corrected chi connectivity index (χ4v) is 32.1. The van der Waals surface area contributed by atoms with Crippen molar-refractivity contribution in [1.29, 1.82) is 0 Å². The lowest BCUT2D eigenvalue weighted by atomic mass is 9.44. The van der Waals surface area contributed by atoms with Crippen LogP contribution in [0.3, 0.4) is 0 Å². The minimum Gasteiger partial charge on any atom is -0.457 e. The number of thiophene rings is 2. The third kappa shape index (κ3) is 19.2. The molecule has 3 amide bonds. The number of imide groups is 1. The maximum atomic E-state index is 16.5. The highest BCUT2D eigenvalue weighted by atomic mass is 32.1. The molecule has 2 aromatic carbocycles. The molecular formula is C104H142N2O28S2Si2. The number of rotatable bonds is 28. The number of ketones is 2. The molecule has 34 heteroatoms. The molecule has 4 N–H and O–H groups in total. The number of esters is 7. The number of benzene rings is 2. The first-order chi connectivity index (χ1) is 65.3. The largest absolute Gasteiger partial charge is 0.457 e. The summed E-state index contributed by atoms with van der Waals surface area (Å²) in [6.45, 7) is 34.9. The van der Waals surface area contributed by atoms with Gasteiger partial charge in [0.05, 0.1) is 89.2 Å². The van der Waals surface area contributed by atoms with Crippen LogP contribution >= 0.6 is 22.7 Å². The number of Topliss-reactive ketones (excluding diaryl/α,β-unsaturated/α-hetero) is 2. The third-order valence-electron chi connectivity index (χ3n) is 33.3. The molecule has 9 fully saturated rings. The molecule has 756 valence electrons. The quantitative estimate of drug-likeness (QED) is 0.0135. The minimum atomic E-state index is -2.61. The van der Waals surface area contributed by atoms with Crippen LogP contribution < -0.4 is 5.32 Å². The highest BCUT2D eigenvalue weighted by Gasteiger charge is 2.82. The van der Waals surface area contributed by atoms with Gasteiger partial charge in [0, 0.05) is 73.0 Å². The van der Waals surface area contributed by atoms with Gasteiger partial charge in [-0.1, -0.05) is 139 Å². The van der Waals surface area contributed by atoms with E-state index in [-0.39, 0.29) is 104 Å². The smallest absolute Gasteiger partial charge is 0.417 e. The Balaban J connectivity index is 0.000000201. The summed E-state index contributed by atoms with van der Waals surface area (Å²) in [6.07, 6.45) is -6.73. The van der Waals surface area contributed by atoms with Gasteiger partial charge >= 0.3 is 54.0 Å². The Bertz CT molecular complexity index is 5180. The van der Waals surface area contributed by atoms with Crippen LogP contribution in [0.25, 0.3) is 0 Å². The molecule has 0 spiro atoms. The summed E-state index contributed by atoms with van der Waals surface area (Å²) >= 11 is 2.92. The predicted molar refractivity (Wildman–Crippen MR) is 515 cm³/mol. The molecule has 4 aromatic rings.